The highest BCUT2D eigenvalue weighted by Crippen LogP contribution is 2.35. The van der Waals surface area contributed by atoms with E-state index < -0.39 is 21.9 Å². The molecule has 1 saturated heterocycles. The highest BCUT2D eigenvalue weighted by atomic mass is 32.2. The van der Waals surface area contributed by atoms with E-state index >= 15 is 0 Å². The molecule has 0 bridgehead atoms. The molecule has 0 radical (unpaired) electrons. The number of nitro groups is 1. The number of non-ortho nitro benzene ring substituents is 1. The van der Waals surface area contributed by atoms with Gasteiger partial charge in [-0.2, -0.15) is 0 Å². The third kappa shape index (κ3) is 4.26. The number of rotatable bonds is 5. The third-order valence-corrected chi connectivity index (χ3v) is 5.63. The van der Waals surface area contributed by atoms with Crippen LogP contribution in [0.1, 0.15) is 16.9 Å². The second-order valence-corrected chi connectivity index (χ2v) is 7.85. The minimum atomic E-state index is -0.482. The quantitative estimate of drug-likeness (QED) is 0.295. The lowest BCUT2D eigenvalue weighted by atomic mass is 10.1. The fraction of sp³-hybridized carbons (Fsp3) is 0.0909. The third-order valence-electron chi connectivity index (χ3n) is 4.73. The molecule has 1 fully saturated rings. The van der Waals surface area contributed by atoms with Crippen LogP contribution in [-0.2, 0) is 11.3 Å². The topological polar surface area (TPSA) is 93.7 Å². The first kappa shape index (κ1) is 20.5. The van der Waals surface area contributed by atoms with Gasteiger partial charge in [-0.1, -0.05) is 18.2 Å². The number of aryl methyl sites for hydroxylation is 1. The zero-order chi connectivity index (χ0) is 22.1. The van der Waals surface area contributed by atoms with Crippen molar-refractivity contribution in [3.8, 4) is 11.3 Å². The number of carbonyl (C=O) groups excluding carboxylic acids is 2. The van der Waals surface area contributed by atoms with Gasteiger partial charge < -0.3 is 4.42 Å². The molecule has 0 N–H and O–H groups in total. The van der Waals surface area contributed by atoms with Crippen molar-refractivity contribution in [2.75, 3.05) is 0 Å². The lowest BCUT2D eigenvalue weighted by molar-refractivity contribution is -0.384. The predicted octanol–water partition coefficient (Wildman–Crippen LogP) is 5.54. The molecule has 156 valence electrons. The Morgan fingerprint density at radius 1 is 1.13 bits per heavy atom. The maximum Gasteiger partial charge on any atom is 0.293 e. The highest BCUT2D eigenvalue weighted by Gasteiger charge is 2.35. The molecule has 4 rings (SSSR count). The molecular formula is C22H15FN2O5S. The summed E-state index contributed by atoms with van der Waals surface area (Å²) in [5.41, 5.74) is 1.94. The minimum Gasteiger partial charge on any atom is -0.457 e. The van der Waals surface area contributed by atoms with Gasteiger partial charge >= 0.3 is 0 Å². The van der Waals surface area contributed by atoms with Crippen molar-refractivity contribution in [3.05, 3.63) is 92.3 Å². The number of benzene rings is 2. The number of furan rings is 1. The first-order chi connectivity index (χ1) is 14.8. The summed E-state index contributed by atoms with van der Waals surface area (Å²) in [6.07, 6.45) is 1.46. The van der Waals surface area contributed by atoms with Crippen molar-refractivity contribution in [2.24, 2.45) is 0 Å². The van der Waals surface area contributed by atoms with Crippen LogP contribution in [-0.4, -0.2) is 21.0 Å². The van der Waals surface area contributed by atoms with E-state index in [1.807, 2.05) is 6.92 Å². The molecule has 2 heterocycles. The van der Waals surface area contributed by atoms with Gasteiger partial charge in [0.05, 0.1) is 16.4 Å². The van der Waals surface area contributed by atoms with Crippen LogP contribution in [0.4, 0.5) is 14.9 Å². The van der Waals surface area contributed by atoms with Gasteiger partial charge in [-0.3, -0.25) is 24.6 Å². The Kier molecular flexibility index (Phi) is 5.43. The van der Waals surface area contributed by atoms with Crippen LogP contribution >= 0.6 is 11.8 Å². The van der Waals surface area contributed by atoms with Gasteiger partial charge in [0.25, 0.3) is 16.8 Å². The molecule has 0 spiro atoms. The Hall–Kier alpha value is -3.72. The standard InChI is InChI=1S/C22H15FN2O5S/c1-13-2-7-16(25(28)29)10-18(13)19-9-8-17(30-19)11-20-21(26)24(22(27)31-20)12-14-3-5-15(23)6-4-14/h2-11H,12H2,1H3/b20-11-. The average molecular weight is 438 g/mol. The lowest BCUT2D eigenvalue weighted by Gasteiger charge is -2.12. The van der Waals surface area contributed by atoms with Gasteiger partial charge in [0.15, 0.2) is 0 Å². The molecule has 1 aromatic heterocycles. The molecule has 3 aromatic rings. The first-order valence-electron chi connectivity index (χ1n) is 9.17. The van der Waals surface area contributed by atoms with E-state index in [0.29, 0.717) is 22.6 Å². The van der Waals surface area contributed by atoms with Gasteiger partial charge in [0.1, 0.15) is 17.3 Å². The minimum absolute atomic E-state index is 0.0402. The Bertz CT molecular complexity index is 1230. The second kappa shape index (κ2) is 8.19. The summed E-state index contributed by atoms with van der Waals surface area (Å²) in [5.74, 6) is -0.111. The molecule has 0 atom stereocenters. The number of imide groups is 1. The van der Waals surface area contributed by atoms with Gasteiger partial charge in [-0.25, -0.2) is 4.39 Å². The number of amides is 2. The monoisotopic (exact) mass is 438 g/mol. The van der Waals surface area contributed by atoms with E-state index in [9.17, 15) is 24.1 Å². The van der Waals surface area contributed by atoms with Crippen LogP contribution in [0, 0.1) is 22.9 Å². The van der Waals surface area contributed by atoms with Crippen LogP contribution in [0.15, 0.2) is 63.9 Å². The highest BCUT2D eigenvalue weighted by molar-refractivity contribution is 8.18. The van der Waals surface area contributed by atoms with Crippen molar-refractivity contribution in [1.29, 1.82) is 0 Å². The fourth-order valence-corrected chi connectivity index (χ4v) is 3.92. The summed E-state index contributed by atoms with van der Waals surface area (Å²) < 4.78 is 18.8. The van der Waals surface area contributed by atoms with E-state index in [0.717, 1.165) is 22.2 Å². The maximum atomic E-state index is 13.1. The number of carbonyl (C=O) groups is 2. The normalized spacial score (nSPS) is 15.2. The molecule has 31 heavy (non-hydrogen) atoms. The number of nitro benzene ring substituents is 1. The molecule has 7 nitrogen and oxygen atoms in total. The first-order valence-corrected chi connectivity index (χ1v) is 9.98. The molecule has 2 amide bonds. The van der Waals surface area contributed by atoms with Crippen LogP contribution in [0.25, 0.3) is 17.4 Å². The molecule has 0 unspecified atom stereocenters. The number of hydrogen-bond donors (Lipinski definition) is 0. The van der Waals surface area contributed by atoms with Gasteiger partial charge in [0, 0.05) is 23.8 Å². The molecule has 0 saturated carbocycles. The van der Waals surface area contributed by atoms with E-state index in [1.54, 1.807) is 18.2 Å². The van der Waals surface area contributed by atoms with Crippen molar-refractivity contribution in [2.45, 2.75) is 13.5 Å². The largest absolute Gasteiger partial charge is 0.457 e. The average Bonchev–Trinajstić information content (AvgIpc) is 3.30. The van der Waals surface area contributed by atoms with E-state index in [1.165, 1.54) is 42.5 Å². The summed E-state index contributed by atoms with van der Waals surface area (Å²) in [6, 6.07) is 13.3. The zero-order valence-corrected chi connectivity index (χ0v) is 17.0. The fourth-order valence-electron chi connectivity index (χ4n) is 3.10. The maximum absolute atomic E-state index is 13.1. The van der Waals surface area contributed by atoms with Crippen LogP contribution in [0.3, 0.4) is 0 Å². The second-order valence-electron chi connectivity index (χ2n) is 6.85. The van der Waals surface area contributed by atoms with Crippen LogP contribution in [0.5, 0.6) is 0 Å². The molecule has 1 aliphatic rings. The Morgan fingerprint density at radius 2 is 1.87 bits per heavy atom. The van der Waals surface area contributed by atoms with Crippen LogP contribution in [0.2, 0.25) is 0 Å². The number of nitrogens with zero attached hydrogens (tertiary/aromatic N) is 2. The summed E-state index contributed by atoms with van der Waals surface area (Å²) in [7, 11) is 0. The van der Waals surface area contributed by atoms with Gasteiger partial charge in [-0.05, 0) is 54.1 Å². The number of thioether (sulfide) groups is 1. The Balaban J connectivity index is 1.56. The Morgan fingerprint density at radius 3 is 2.58 bits per heavy atom. The van der Waals surface area contributed by atoms with Crippen molar-refractivity contribution in [1.82, 2.24) is 4.90 Å². The smallest absolute Gasteiger partial charge is 0.293 e. The van der Waals surface area contributed by atoms with E-state index in [2.05, 4.69) is 0 Å². The van der Waals surface area contributed by atoms with E-state index in [-0.39, 0.29) is 17.1 Å². The van der Waals surface area contributed by atoms with Gasteiger partial charge in [-0.15, -0.1) is 0 Å². The summed E-state index contributed by atoms with van der Waals surface area (Å²) in [6.45, 7) is 1.85. The predicted molar refractivity (Wildman–Crippen MR) is 113 cm³/mol. The van der Waals surface area contributed by atoms with Gasteiger partial charge in [0.2, 0.25) is 0 Å². The van der Waals surface area contributed by atoms with Crippen LogP contribution < -0.4 is 0 Å². The lowest BCUT2D eigenvalue weighted by Crippen LogP contribution is -2.27. The Labute approximate surface area is 180 Å². The summed E-state index contributed by atoms with van der Waals surface area (Å²) in [5, 5.41) is 10.6. The molecule has 1 aliphatic heterocycles. The van der Waals surface area contributed by atoms with Crippen molar-refractivity contribution < 1.29 is 23.3 Å². The molecule has 9 heteroatoms. The number of hydrogen-bond acceptors (Lipinski definition) is 6. The van der Waals surface area contributed by atoms with Crippen molar-refractivity contribution in [3.63, 3.8) is 0 Å². The molecular weight excluding hydrogens is 423 g/mol. The molecule has 2 aromatic carbocycles. The van der Waals surface area contributed by atoms with E-state index in [4.69, 9.17) is 4.42 Å². The molecule has 0 aliphatic carbocycles. The zero-order valence-electron chi connectivity index (χ0n) is 16.2. The number of halogens is 1. The van der Waals surface area contributed by atoms with Crippen molar-refractivity contribution >= 4 is 34.7 Å². The SMILES string of the molecule is Cc1ccc([N+](=O)[O-])cc1-c1ccc(/C=C2\SC(=O)N(Cc3ccc(F)cc3)C2=O)o1. The summed E-state index contributed by atoms with van der Waals surface area (Å²) >= 11 is 0.789. The summed E-state index contributed by atoms with van der Waals surface area (Å²) in [4.78, 5) is 36.8.